The van der Waals surface area contributed by atoms with Gasteiger partial charge < -0.3 is 19.7 Å². The van der Waals surface area contributed by atoms with Gasteiger partial charge in [0.25, 0.3) is 11.8 Å². The van der Waals surface area contributed by atoms with Gasteiger partial charge in [0.2, 0.25) is 0 Å². The van der Waals surface area contributed by atoms with Gasteiger partial charge in [-0.3, -0.25) is 9.59 Å². The third kappa shape index (κ3) is 5.63. The van der Waals surface area contributed by atoms with E-state index in [1.54, 1.807) is 69.6 Å². The molecule has 0 spiro atoms. The van der Waals surface area contributed by atoms with Gasteiger partial charge in [0.15, 0.2) is 6.10 Å². The molecule has 3 aromatic carbocycles. The average Bonchev–Trinajstić information content (AvgIpc) is 2.82. The van der Waals surface area contributed by atoms with Crippen LogP contribution in [0.5, 0.6) is 11.5 Å². The molecule has 0 saturated heterocycles. The van der Waals surface area contributed by atoms with Crippen LogP contribution in [0.25, 0.3) is 0 Å². The van der Waals surface area contributed by atoms with Crippen LogP contribution in [-0.2, 0) is 11.3 Å². The van der Waals surface area contributed by atoms with Crippen molar-refractivity contribution in [2.24, 2.45) is 0 Å². The summed E-state index contributed by atoms with van der Waals surface area (Å²) in [4.78, 5) is 27.2. The summed E-state index contributed by atoms with van der Waals surface area (Å²) in [6.07, 6.45) is -0.737. The van der Waals surface area contributed by atoms with Gasteiger partial charge in [0.1, 0.15) is 11.5 Å². The highest BCUT2D eigenvalue weighted by atomic mass is 16.5. The number of hydrogen-bond acceptors (Lipinski definition) is 4. The molecule has 6 nitrogen and oxygen atoms in total. The van der Waals surface area contributed by atoms with E-state index in [1.165, 1.54) is 4.90 Å². The fourth-order valence-electron chi connectivity index (χ4n) is 3.13. The van der Waals surface area contributed by atoms with Crippen molar-refractivity contribution in [1.82, 2.24) is 5.32 Å². The fraction of sp³-hybridized carbons (Fsp3) is 0.200. The van der Waals surface area contributed by atoms with Gasteiger partial charge in [-0.2, -0.15) is 0 Å². The number of methoxy groups -OCH3 is 1. The Labute approximate surface area is 182 Å². The molecule has 2 amide bonds. The number of nitrogens with one attached hydrogen (secondary N) is 1. The Kier molecular flexibility index (Phi) is 7.27. The Morgan fingerprint density at radius 1 is 0.903 bits per heavy atom. The molecule has 3 rings (SSSR count). The minimum Gasteiger partial charge on any atom is -0.497 e. The molecule has 1 unspecified atom stereocenters. The van der Waals surface area contributed by atoms with Crippen LogP contribution in [0.1, 0.15) is 22.8 Å². The summed E-state index contributed by atoms with van der Waals surface area (Å²) in [7, 11) is 3.23. The molecule has 1 atom stereocenters. The first-order chi connectivity index (χ1) is 15.0. The SMILES string of the molecule is COc1ccc(OC(C)C(=O)N(C)c2ccccc2C(=O)NCc2ccccc2)cc1. The number of carbonyl (C=O) groups is 2. The van der Waals surface area contributed by atoms with Gasteiger partial charge in [-0.1, -0.05) is 42.5 Å². The lowest BCUT2D eigenvalue weighted by Gasteiger charge is -2.24. The summed E-state index contributed by atoms with van der Waals surface area (Å²) in [5.41, 5.74) is 1.94. The number of benzene rings is 3. The van der Waals surface area contributed by atoms with Gasteiger partial charge in [0.05, 0.1) is 18.4 Å². The van der Waals surface area contributed by atoms with E-state index in [0.717, 1.165) is 5.56 Å². The lowest BCUT2D eigenvalue weighted by atomic mass is 10.1. The van der Waals surface area contributed by atoms with Gasteiger partial charge in [-0.25, -0.2) is 0 Å². The Bertz CT molecular complexity index is 1020. The predicted molar refractivity (Wildman–Crippen MR) is 121 cm³/mol. The molecule has 0 heterocycles. The molecule has 0 fully saturated rings. The molecule has 160 valence electrons. The van der Waals surface area contributed by atoms with E-state index >= 15 is 0 Å². The fourth-order valence-corrected chi connectivity index (χ4v) is 3.13. The summed E-state index contributed by atoms with van der Waals surface area (Å²) < 4.78 is 10.9. The van der Waals surface area contributed by atoms with Crippen LogP contribution in [0.2, 0.25) is 0 Å². The Morgan fingerprint density at radius 2 is 1.52 bits per heavy atom. The molecule has 6 heteroatoms. The number of para-hydroxylation sites is 1. The number of anilines is 1. The standard InChI is InChI=1S/C25H26N2O4/c1-18(31-21-15-13-20(30-3)14-16-21)25(29)27(2)23-12-8-7-11-22(23)24(28)26-17-19-9-5-4-6-10-19/h4-16,18H,17H2,1-3H3,(H,26,28). The number of hydrogen-bond donors (Lipinski definition) is 1. The van der Waals surface area contributed by atoms with E-state index in [4.69, 9.17) is 9.47 Å². The number of rotatable bonds is 8. The second-order valence-corrected chi connectivity index (χ2v) is 7.02. The molecule has 31 heavy (non-hydrogen) atoms. The minimum atomic E-state index is -0.737. The summed E-state index contributed by atoms with van der Waals surface area (Å²) >= 11 is 0. The number of amides is 2. The van der Waals surface area contributed by atoms with Crippen LogP contribution in [0.3, 0.4) is 0 Å². The van der Waals surface area contributed by atoms with E-state index < -0.39 is 6.10 Å². The van der Waals surface area contributed by atoms with Crippen LogP contribution < -0.4 is 19.7 Å². The summed E-state index contributed by atoms with van der Waals surface area (Å²) in [6.45, 7) is 2.09. The monoisotopic (exact) mass is 418 g/mol. The molecular weight excluding hydrogens is 392 g/mol. The molecule has 0 aliphatic carbocycles. The zero-order valence-electron chi connectivity index (χ0n) is 17.9. The highest BCUT2D eigenvalue weighted by molar-refractivity contribution is 6.05. The van der Waals surface area contributed by atoms with Crippen molar-refractivity contribution in [3.8, 4) is 11.5 Å². The van der Waals surface area contributed by atoms with Crippen molar-refractivity contribution in [3.05, 3.63) is 90.0 Å². The zero-order valence-corrected chi connectivity index (χ0v) is 17.9. The number of nitrogens with zero attached hydrogens (tertiary/aromatic N) is 1. The van der Waals surface area contributed by atoms with E-state index in [9.17, 15) is 9.59 Å². The summed E-state index contributed by atoms with van der Waals surface area (Å²) in [6, 6.07) is 23.7. The average molecular weight is 418 g/mol. The molecule has 0 aromatic heterocycles. The van der Waals surface area contributed by atoms with Gasteiger partial charge in [-0.15, -0.1) is 0 Å². The van der Waals surface area contributed by atoms with Crippen molar-refractivity contribution in [2.45, 2.75) is 19.6 Å². The molecular formula is C25H26N2O4. The molecule has 0 bridgehead atoms. The van der Waals surface area contributed by atoms with Crippen LogP contribution in [0.15, 0.2) is 78.9 Å². The number of likely N-dealkylation sites (N-methyl/N-ethyl adjacent to an activating group) is 1. The van der Waals surface area contributed by atoms with E-state index in [0.29, 0.717) is 29.3 Å². The molecule has 1 N–H and O–H groups in total. The lowest BCUT2D eigenvalue weighted by Crippen LogP contribution is -2.39. The molecule has 3 aromatic rings. The first-order valence-electron chi connectivity index (χ1n) is 9.99. The third-order valence-electron chi connectivity index (χ3n) is 4.86. The van der Waals surface area contributed by atoms with E-state index in [1.807, 2.05) is 30.3 Å². The van der Waals surface area contributed by atoms with Crippen LogP contribution in [0.4, 0.5) is 5.69 Å². The topological polar surface area (TPSA) is 67.9 Å². The molecule has 0 radical (unpaired) electrons. The smallest absolute Gasteiger partial charge is 0.267 e. The quantitative estimate of drug-likeness (QED) is 0.599. The minimum absolute atomic E-state index is 0.247. The maximum Gasteiger partial charge on any atom is 0.267 e. The second-order valence-electron chi connectivity index (χ2n) is 7.02. The Hall–Kier alpha value is -3.80. The largest absolute Gasteiger partial charge is 0.497 e. The lowest BCUT2D eigenvalue weighted by molar-refractivity contribution is -0.124. The molecule has 0 aliphatic heterocycles. The molecule has 0 aliphatic rings. The summed E-state index contributed by atoms with van der Waals surface area (Å²) in [5, 5.41) is 2.91. The van der Waals surface area contributed by atoms with E-state index in [2.05, 4.69) is 5.32 Å². The third-order valence-corrected chi connectivity index (χ3v) is 4.86. The molecule has 0 saturated carbocycles. The zero-order chi connectivity index (χ0) is 22.2. The van der Waals surface area contributed by atoms with Crippen LogP contribution in [-0.4, -0.2) is 32.1 Å². The Balaban J connectivity index is 1.69. The number of carbonyl (C=O) groups excluding carboxylic acids is 2. The Morgan fingerprint density at radius 3 is 2.19 bits per heavy atom. The second kappa shape index (κ2) is 10.3. The number of ether oxygens (including phenoxy) is 2. The maximum atomic E-state index is 13.0. The van der Waals surface area contributed by atoms with Gasteiger partial charge >= 0.3 is 0 Å². The first-order valence-corrected chi connectivity index (χ1v) is 9.99. The van der Waals surface area contributed by atoms with Crippen molar-refractivity contribution < 1.29 is 19.1 Å². The van der Waals surface area contributed by atoms with Gasteiger partial charge in [0, 0.05) is 13.6 Å². The van der Waals surface area contributed by atoms with E-state index in [-0.39, 0.29) is 11.8 Å². The first kappa shape index (κ1) is 21.9. The van der Waals surface area contributed by atoms with Crippen molar-refractivity contribution in [2.75, 3.05) is 19.1 Å². The highest BCUT2D eigenvalue weighted by Gasteiger charge is 2.24. The van der Waals surface area contributed by atoms with Crippen molar-refractivity contribution in [1.29, 1.82) is 0 Å². The van der Waals surface area contributed by atoms with Crippen molar-refractivity contribution in [3.63, 3.8) is 0 Å². The maximum absolute atomic E-state index is 13.0. The summed E-state index contributed by atoms with van der Waals surface area (Å²) in [5.74, 6) is 0.754. The predicted octanol–water partition coefficient (Wildman–Crippen LogP) is 4.06. The van der Waals surface area contributed by atoms with Crippen LogP contribution in [0, 0.1) is 0 Å². The van der Waals surface area contributed by atoms with Crippen molar-refractivity contribution >= 4 is 17.5 Å². The van der Waals surface area contributed by atoms with Gasteiger partial charge in [-0.05, 0) is 48.9 Å². The van der Waals surface area contributed by atoms with Crippen LogP contribution >= 0.6 is 0 Å². The normalized spacial score (nSPS) is 11.3. The highest BCUT2D eigenvalue weighted by Crippen LogP contribution is 2.22.